The van der Waals surface area contributed by atoms with Crippen molar-refractivity contribution >= 4 is 55.9 Å². The van der Waals surface area contributed by atoms with E-state index in [0.29, 0.717) is 5.89 Å². The number of anilines is 6. The quantitative estimate of drug-likeness (QED) is 0.163. The maximum atomic E-state index is 5.64. The number of para-hydroxylation sites is 4. The van der Waals surface area contributed by atoms with E-state index in [0.717, 1.165) is 62.0 Å². The van der Waals surface area contributed by atoms with Crippen LogP contribution >= 0.6 is 0 Å². The summed E-state index contributed by atoms with van der Waals surface area (Å²) in [5, 5.41) is 2.33. The van der Waals surface area contributed by atoms with Gasteiger partial charge in [0.05, 0.1) is 17.2 Å². The molecule has 0 N–H and O–H groups in total. The van der Waals surface area contributed by atoms with E-state index in [9.17, 15) is 0 Å². The molecule has 0 spiro atoms. The minimum atomic E-state index is 0.616. The van der Waals surface area contributed by atoms with Crippen LogP contribution in [0, 0.1) is 6.92 Å². The lowest BCUT2D eigenvalue weighted by Crippen LogP contribution is -2.09. The molecule has 0 bridgehead atoms. The summed E-state index contributed by atoms with van der Waals surface area (Å²) < 4.78 is 8.02. The zero-order chi connectivity index (χ0) is 34.1. The molecule has 0 saturated heterocycles. The van der Waals surface area contributed by atoms with E-state index < -0.39 is 0 Å². The lowest BCUT2D eigenvalue weighted by Gasteiger charge is -2.26. The van der Waals surface area contributed by atoms with Gasteiger partial charge >= 0.3 is 0 Å². The molecule has 0 unspecified atom stereocenters. The van der Waals surface area contributed by atoms with Crippen molar-refractivity contribution in [1.82, 2.24) is 9.55 Å². The lowest BCUT2D eigenvalue weighted by molar-refractivity contribution is 0.574. The van der Waals surface area contributed by atoms with Crippen LogP contribution in [-0.2, 0) is 0 Å². The predicted molar refractivity (Wildman–Crippen MR) is 210 cm³/mol. The van der Waals surface area contributed by atoms with E-state index >= 15 is 0 Å². The number of hydrogen-bond acceptors (Lipinski definition) is 4. The van der Waals surface area contributed by atoms with E-state index in [1.54, 1.807) is 12.5 Å². The molecular weight excluding hydrogens is 625 g/mol. The van der Waals surface area contributed by atoms with Crippen molar-refractivity contribution in [1.29, 1.82) is 0 Å². The summed E-state index contributed by atoms with van der Waals surface area (Å²) >= 11 is 0. The zero-order valence-electron chi connectivity index (χ0n) is 28.1. The summed E-state index contributed by atoms with van der Waals surface area (Å²) in [5.41, 5.74) is 12.0. The molecule has 5 nitrogen and oxygen atoms in total. The molecule has 9 rings (SSSR count). The van der Waals surface area contributed by atoms with Crippen LogP contribution in [0.1, 0.15) is 5.56 Å². The third kappa shape index (κ3) is 5.51. The molecule has 2 heterocycles. The van der Waals surface area contributed by atoms with Crippen molar-refractivity contribution in [2.75, 3.05) is 9.80 Å². The van der Waals surface area contributed by atoms with E-state index in [1.165, 1.54) is 10.8 Å². The summed E-state index contributed by atoms with van der Waals surface area (Å²) in [4.78, 5) is 9.03. The zero-order valence-corrected chi connectivity index (χ0v) is 28.1. The lowest BCUT2D eigenvalue weighted by atomic mass is 10.1. The minimum Gasteiger partial charge on any atom is -0.445 e. The molecule has 5 heteroatoms. The molecular formula is C46H34N4O. The fourth-order valence-electron chi connectivity index (χ4n) is 7.15. The Kier molecular flexibility index (Phi) is 7.63. The van der Waals surface area contributed by atoms with Gasteiger partial charge in [0, 0.05) is 56.1 Å². The monoisotopic (exact) mass is 658 g/mol. The van der Waals surface area contributed by atoms with Crippen LogP contribution in [0.25, 0.3) is 38.9 Å². The fourth-order valence-corrected chi connectivity index (χ4v) is 7.15. The van der Waals surface area contributed by atoms with E-state index in [2.05, 4.69) is 202 Å². The molecule has 0 atom stereocenters. The minimum absolute atomic E-state index is 0.616. The molecule has 9 aromatic rings. The molecule has 0 radical (unpaired) electrons. The highest BCUT2D eigenvalue weighted by molar-refractivity contribution is 6.12. The Bertz CT molecular complexity index is 2360. The second-order valence-corrected chi connectivity index (χ2v) is 12.6. The number of rotatable bonds is 8. The van der Waals surface area contributed by atoms with Crippen LogP contribution in [0.2, 0.25) is 0 Å². The highest BCUT2D eigenvalue weighted by Gasteiger charge is 2.20. The van der Waals surface area contributed by atoms with Gasteiger partial charge in [-0.15, -0.1) is 0 Å². The van der Waals surface area contributed by atoms with Crippen LogP contribution in [0.5, 0.6) is 0 Å². The van der Waals surface area contributed by atoms with Gasteiger partial charge in [0.2, 0.25) is 5.89 Å². The van der Waals surface area contributed by atoms with Crippen molar-refractivity contribution in [2.24, 2.45) is 0 Å². The van der Waals surface area contributed by atoms with Crippen molar-refractivity contribution in [3.05, 3.63) is 194 Å². The number of oxazole rings is 1. The number of aromatic nitrogens is 2. The topological polar surface area (TPSA) is 37.4 Å². The Hall–Kier alpha value is -6.85. The van der Waals surface area contributed by atoms with Crippen molar-refractivity contribution in [3.8, 4) is 17.1 Å². The third-order valence-electron chi connectivity index (χ3n) is 9.42. The highest BCUT2D eigenvalue weighted by atomic mass is 16.3. The standard InChI is InChI=1S/C46H34N4O/c1-33-30-34(46-47-28-29-51-46)22-25-43(33)50-44-26-23-39(48(35-14-6-2-7-15-35)36-16-8-3-9-17-36)31-41(44)42-32-40(24-27-45(42)50)49(37-18-10-4-11-19-37)38-20-12-5-13-21-38/h2-32H,1H3. The molecule has 0 aliphatic heterocycles. The molecule has 51 heavy (non-hydrogen) atoms. The molecule has 0 fully saturated rings. The van der Waals surface area contributed by atoms with Crippen LogP contribution in [0.4, 0.5) is 34.1 Å². The normalized spacial score (nSPS) is 11.2. The first-order valence-electron chi connectivity index (χ1n) is 17.1. The molecule has 0 amide bonds. The van der Waals surface area contributed by atoms with Crippen molar-refractivity contribution < 1.29 is 4.42 Å². The Morgan fingerprint density at radius 3 is 1.31 bits per heavy atom. The summed E-state index contributed by atoms with van der Waals surface area (Å²) in [6.07, 6.45) is 3.30. The number of benzene rings is 7. The molecule has 244 valence electrons. The van der Waals surface area contributed by atoms with Crippen LogP contribution in [0.15, 0.2) is 193 Å². The van der Waals surface area contributed by atoms with Gasteiger partial charge in [-0.2, -0.15) is 0 Å². The molecule has 2 aromatic heterocycles. The predicted octanol–water partition coefficient (Wildman–Crippen LogP) is 12.7. The summed E-state index contributed by atoms with van der Waals surface area (Å²) in [6.45, 7) is 2.15. The second-order valence-electron chi connectivity index (χ2n) is 12.6. The van der Waals surface area contributed by atoms with E-state index in [1.807, 2.05) is 0 Å². The fraction of sp³-hybridized carbons (Fsp3) is 0.0217. The summed E-state index contributed by atoms with van der Waals surface area (Å²) in [5.74, 6) is 0.616. The average Bonchev–Trinajstić information content (AvgIpc) is 3.84. The maximum absolute atomic E-state index is 5.64. The molecule has 0 aliphatic rings. The first-order valence-corrected chi connectivity index (χ1v) is 17.1. The van der Waals surface area contributed by atoms with Crippen molar-refractivity contribution in [3.63, 3.8) is 0 Å². The van der Waals surface area contributed by atoms with Crippen LogP contribution in [0.3, 0.4) is 0 Å². The Morgan fingerprint density at radius 2 is 0.922 bits per heavy atom. The highest BCUT2D eigenvalue weighted by Crippen LogP contribution is 2.43. The smallest absolute Gasteiger partial charge is 0.225 e. The third-order valence-corrected chi connectivity index (χ3v) is 9.42. The van der Waals surface area contributed by atoms with Gasteiger partial charge < -0.3 is 18.8 Å². The van der Waals surface area contributed by atoms with Gasteiger partial charge in [0.25, 0.3) is 0 Å². The molecule has 0 aliphatic carbocycles. The number of fused-ring (bicyclic) bond motifs is 3. The first kappa shape index (κ1) is 30.2. The maximum Gasteiger partial charge on any atom is 0.225 e. The largest absolute Gasteiger partial charge is 0.445 e. The molecule has 0 saturated carbocycles. The average molecular weight is 659 g/mol. The van der Waals surface area contributed by atoms with Crippen LogP contribution in [-0.4, -0.2) is 9.55 Å². The number of hydrogen-bond donors (Lipinski definition) is 0. The Labute approximate surface area is 296 Å². The van der Waals surface area contributed by atoms with Crippen LogP contribution < -0.4 is 9.80 Å². The Balaban J connectivity index is 1.30. The van der Waals surface area contributed by atoms with Gasteiger partial charge in [-0.05, 0) is 116 Å². The van der Waals surface area contributed by atoms with E-state index in [-0.39, 0.29) is 0 Å². The van der Waals surface area contributed by atoms with Gasteiger partial charge in [-0.25, -0.2) is 4.98 Å². The van der Waals surface area contributed by atoms with Gasteiger partial charge in [-0.3, -0.25) is 0 Å². The number of nitrogens with zero attached hydrogens (tertiary/aromatic N) is 4. The summed E-state index contributed by atoms with van der Waals surface area (Å²) in [7, 11) is 0. The van der Waals surface area contributed by atoms with Gasteiger partial charge in [-0.1, -0.05) is 72.8 Å². The van der Waals surface area contributed by atoms with Gasteiger partial charge in [0.1, 0.15) is 6.26 Å². The SMILES string of the molecule is Cc1cc(-c2ncco2)ccc1-n1c2ccc(N(c3ccccc3)c3ccccc3)cc2c2cc(N(c3ccccc3)c3ccccc3)ccc21. The second kappa shape index (κ2) is 12.9. The molecule has 7 aromatic carbocycles. The van der Waals surface area contributed by atoms with Gasteiger partial charge in [0.15, 0.2) is 0 Å². The Morgan fingerprint density at radius 1 is 0.471 bits per heavy atom. The van der Waals surface area contributed by atoms with Crippen molar-refractivity contribution in [2.45, 2.75) is 6.92 Å². The number of aryl methyl sites for hydroxylation is 1. The van der Waals surface area contributed by atoms with E-state index in [4.69, 9.17) is 4.42 Å². The summed E-state index contributed by atoms with van der Waals surface area (Å²) in [6, 6.07) is 62.4. The first-order chi connectivity index (χ1) is 25.2.